The Labute approximate surface area is 63.7 Å². The molecule has 0 N–H and O–H groups in total. The molecule has 0 aliphatic carbocycles. The molecule has 1 heterocycles. The van der Waals surface area contributed by atoms with Crippen molar-refractivity contribution in [1.29, 1.82) is 0 Å². The SMILES string of the molecule is CCCO[SiH2]OCC1CO1. The Balaban J connectivity index is 1.68. The van der Waals surface area contributed by atoms with Crippen molar-refractivity contribution in [2.75, 3.05) is 19.8 Å². The summed E-state index contributed by atoms with van der Waals surface area (Å²) in [5.41, 5.74) is 0. The second kappa shape index (κ2) is 4.84. The third-order valence-electron chi connectivity index (χ3n) is 1.22. The molecule has 1 aliphatic heterocycles. The van der Waals surface area contributed by atoms with Gasteiger partial charge in [-0.15, -0.1) is 0 Å². The molecule has 1 saturated heterocycles. The molecule has 0 amide bonds. The van der Waals surface area contributed by atoms with E-state index in [4.69, 9.17) is 13.6 Å². The Morgan fingerprint density at radius 3 is 3.00 bits per heavy atom. The fourth-order valence-corrected chi connectivity index (χ4v) is 1.49. The molecule has 0 aromatic heterocycles. The van der Waals surface area contributed by atoms with Gasteiger partial charge in [-0.3, -0.25) is 0 Å². The normalized spacial score (nSPS) is 24.3. The summed E-state index contributed by atoms with van der Waals surface area (Å²) in [6, 6.07) is 0. The van der Waals surface area contributed by atoms with Gasteiger partial charge in [-0.1, -0.05) is 6.92 Å². The Hall–Kier alpha value is 0.0969. The highest BCUT2D eigenvalue weighted by Crippen LogP contribution is 2.07. The van der Waals surface area contributed by atoms with Crippen LogP contribution >= 0.6 is 0 Å². The molecule has 0 aromatic rings. The lowest BCUT2D eigenvalue weighted by Gasteiger charge is -2.00. The lowest BCUT2D eigenvalue weighted by Crippen LogP contribution is -2.09. The first kappa shape index (κ1) is 8.20. The second-order valence-corrected chi connectivity index (χ2v) is 3.40. The molecule has 0 radical (unpaired) electrons. The van der Waals surface area contributed by atoms with E-state index < -0.39 is 10.0 Å². The summed E-state index contributed by atoms with van der Waals surface area (Å²) in [6.07, 6.45) is 1.47. The average Bonchev–Trinajstić information content (AvgIpc) is 2.71. The summed E-state index contributed by atoms with van der Waals surface area (Å²) in [5.74, 6) is 0. The zero-order valence-electron chi connectivity index (χ0n) is 6.34. The first-order valence-electron chi connectivity index (χ1n) is 3.70. The smallest absolute Gasteiger partial charge is 0.304 e. The predicted octanol–water partition coefficient (Wildman–Crippen LogP) is -0.173. The Morgan fingerprint density at radius 2 is 2.40 bits per heavy atom. The van der Waals surface area contributed by atoms with Crippen LogP contribution in [0.4, 0.5) is 0 Å². The van der Waals surface area contributed by atoms with Crippen molar-refractivity contribution in [1.82, 2.24) is 0 Å². The number of hydrogen-bond acceptors (Lipinski definition) is 3. The molecule has 0 bridgehead atoms. The summed E-state index contributed by atoms with van der Waals surface area (Å²) >= 11 is 0. The van der Waals surface area contributed by atoms with E-state index in [1.807, 2.05) is 0 Å². The zero-order chi connectivity index (χ0) is 7.23. The van der Waals surface area contributed by atoms with Gasteiger partial charge in [0.2, 0.25) is 0 Å². The maximum Gasteiger partial charge on any atom is 0.304 e. The highest BCUT2D eigenvalue weighted by molar-refractivity contribution is 6.17. The van der Waals surface area contributed by atoms with Gasteiger partial charge in [0.05, 0.1) is 13.2 Å². The van der Waals surface area contributed by atoms with E-state index in [0.29, 0.717) is 6.10 Å². The number of ether oxygens (including phenoxy) is 1. The van der Waals surface area contributed by atoms with Crippen LogP contribution in [0.5, 0.6) is 0 Å². The number of rotatable bonds is 6. The molecule has 3 nitrogen and oxygen atoms in total. The van der Waals surface area contributed by atoms with E-state index in [-0.39, 0.29) is 0 Å². The van der Waals surface area contributed by atoms with Gasteiger partial charge in [-0.2, -0.15) is 0 Å². The summed E-state index contributed by atoms with van der Waals surface area (Å²) in [7, 11) is -0.682. The molecular formula is C6H14O3Si. The molecule has 60 valence electrons. The average molecular weight is 162 g/mol. The summed E-state index contributed by atoms with van der Waals surface area (Å²) < 4.78 is 15.4. The summed E-state index contributed by atoms with van der Waals surface area (Å²) in [5, 5.41) is 0. The van der Waals surface area contributed by atoms with Crippen LogP contribution in [-0.2, 0) is 13.6 Å². The van der Waals surface area contributed by atoms with Gasteiger partial charge in [0.15, 0.2) is 0 Å². The molecule has 1 atom stereocenters. The third-order valence-corrected chi connectivity index (χ3v) is 2.08. The number of epoxide rings is 1. The van der Waals surface area contributed by atoms with Crippen LogP contribution in [0.1, 0.15) is 13.3 Å². The highest BCUT2D eigenvalue weighted by Gasteiger charge is 2.21. The van der Waals surface area contributed by atoms with Crippen LogP contribution in [0.25, 0.3) is 0 Å². The molecule has 10 heavy (non-hydrogen) atoms. The molecule has 0 aromatic carbocycles. The van der Waals surface area contributed by atoms with Crippen LogP contribution < -0.4 is 0 Å². The summed E-state index contributed by atoms with van der Waals surface area (Å²) in [4.78, 5) is 0. The largest absolute Gasteiger partial charge is 0.399 e. The molecule has 0 saturated carbocycles. The van der Waals surface area contributed by atoms with E-state index in [9.17, 15) is 0 Å². The lowest BCUT2D eigenvalue weighted by molar-refractivity contribution is 0.202. The van der Waals surface area contributed by atoms with Crippen LogP contribution in [-0.4, -0.2) is 35.9 Å². The first-order valence-corrected chi connectivity index (χ1v) is 4.86. The van der Waals surface area contributed by atoms with Crippen molar-refractivity contribution in [2.45, 2.75) is 19.4 Å². The minimum Gasteiger partial charge on any atom is -0.399 e. The van der Waals surface area contributed by atoms with Crippen molar-refractivity contribution in [2.24, 2.45) is 0 Å². The van der Waals surface area contributed by atoms with Crippen molar-refractivity contribution in [3.8, 4) is 0 Å². The Morgan fingerprint density at radius 1 is 1.60 bits per heavy atom. The fourth-order valence-electron chi connectivity index (χ4n) is 0.606. The van der Waals surface area contributed by atoms with E-state index in [0.717, 1.165) is 26.2 Å². The Bertz CT molecular complexity index is 85.1. The quantitative estimate of drug-likeness (QED) is 0.308. The monoisotopic (exact) mass is 162 g/mol. The van der Waals surface area contributed by atoms with E-state index in [2.05, 4.69) is 6.92 Å². The van der Waals surface area contributed by atoms with Crippen molar-refractivity contribution in [3.63, 3.8) is 0 Å². The van der Waals surface area contributed by atoms with Gasteiger partial charge in [0, 0.05) is 6.61 Å². The first-order chi connectivity index (χ1) is 4.93. The lowest BCUT2D eigenvalue weighted by atomic mass is 10.5. The van der Waals surface area contributed by atoms with E-state index in [1.54, 1.807) is 0 Å². The van der Waals surface area contributed by atoms with E-state index >= 15 is 0 Å². The zero-order valence-corrected chi connectivity index (χ0v) is 7.75. The van der Waals surface area contributed by atoms with Crippen molar-refractivity contribution in [3.05, 3.63) is 0 Å². The molecule has 1 fully saturated rings. The van der Waals surface area contributed by atoms with Crippen LogP contribution in [0.2, 0.25) is 0 Å². The molecule has 0 spiro atoms. The Kier molecular flexibility index (Phi) is 3.97. The van der Waals surface area contributed by atoms with Gasteiger partial charge in [-0.05, 0) is 6.42 Å². The topological polar surface area (TPSA) is 31.0 Å². The van der Waals surface area contributed by atoms with Crippen LogP contribution in [0, 0.1) is 0 Å². The maximum absolute atomic E-state index is 5.25. The standard InChI is InChI=1S/C6H14O3Si/c1-2-3-8-10-9-5-6-4-7-6/h6H,2-5,10H2,1H3. The third kappa shape index (κ3) is 4.00. The molecule has 4 heteroatoms. The second-order valence-electron chi connectivity index (χ2n) is 2.35. The molecule has 1 rings (SSSR count). The van der Waals surface area contributed by atoms with Gasteiger partial charge in [0.25, 0.3) is 0 Å². The predicted molar refractivity (Wildman–Crippen MR) is 40.5 cm³/mol. The maximum atomic E-state index is 5.25. The van der Waals surface area contributed by atoms with Gasteiger partial charge < -0.3 is 13.6 Å². The number of hydrogen-bond donors (Lipinski definition) is 0. The van der Waals surface area contributed by atoms with Crippen LogP contribution in [0.3, 0.4) is 0 Å². The fraction of sp³-hybridized carbons (Fsp3) is 1.00. The van der Waals surface area contributed by atoms with Gasteiger partial charge >= 0.3 is 10.0 Å². The molecular weight excluding hydrogens is 148 g/mol. The minimum atomic E-state index is -0.682. The van der Waals surface area contributed by atoms with Crippen molar-refractivity contribution >= 4 is 10.0 Å². The molecule has 1 unspecified atom stereocenters. The van der Waals surface area contributed by atoms with Crippen molar-refractivity contribution < 1.29 is 13.6 Å². The highest BCUT2D eigenvalue weighted by atomic mass is 28.3. The van der Waals surface area contributed by atoms with Gasteiger partial charge in [0.1, 0.15) is 6.10 Å². The minimum absolute atomic E-state index is 0.387. The van der Waals surface area contributed by atoms with Crippen LogP contribution in [0.15, 0.2) is 0 Å². The van der Waals surface area contributed by atoms with Gasteiger partial charge in [-0.25, -0.2) is 0 Å². The summed E-state index contributed by atoms with van der Waals surface area (Å²) in [6.45, 7) is 4.56. The van der Waals surface area contributed by atoms with E-state index in [1.165, 1.54) is 0 Å². The molecule has 1 aliphatic rings.